The van der Waals surface area contributed by atoms with Crippen molar-refractivity contribution in [3.8, 4) is 5.75 Å². The third-order valence-electron chi connectivity index (χ3n) is 4.46. The molecule has 2 aromatic carbocycles. The highest BCUT2D eigenvalue weighted by Crippen LogP contribution is 2.22. The molecule has 142 valence electrons. The summed E-state index contributed by atoms with van der Waals surface area (Å²) in [6, 6.07) is 14.0. The van der Waals surface area contributed by atoms with Crippen LogP contribution in [0.25, 0.3) is 11.2 Å². The lowest BCUT2D eigenvalue weighted by molar-refractivity contribution is 0.475. The second-order valence-electron chi connectivity index (χ2n) is 6.33. The Bertz CT molecular complexity index is 1180. The van der Waals surface area contributed by atoms with Gasteiger partial charge in [0.2, 0.25) is 5.95 Å². The summed E-state index contributed by atoms with van der Waals surface area (Å²) >= 11 is 6.00. The third-order valence-corrected chi connectivity index (χ3v) is 4.71. The van der Waals surface area contributed by atoms with Crippen LogP contribution in [0.5, 0.6) is 5.75 Å². The van der Waals surface area contributed by atoms with Gasteiger partial charge < -0.3 is 15.0 Å². The summed E-state index contributed by atoms with van der Waals surface area (Å²) in [5.74, 6) is 0.536. The molecule has 2 heterocycles. The van der Waals surface area contributed by atoms with Crippen molar-refractivity contribution in [2.45, 2.75) is 20.0 Å². The summed E-state index contributed by atoms with van der Waals surface area (Å²) in [6.45, 7) is 3.04. The number of phenolic OH excluding ortho intramolecular Hbond substituents is 1. The van der Waals surface area contributed by atoms with Crippen LogP contribution >= 0.6 is 11.6 Å². The van der Waals surface area contributed by atoms with E-state index in [2.05, 4.69) is 15.3 Å². The van der Waals surface area contributed by atoms with Gasteiger partial charge in [0.15, 0.2) is 11.2 Å². The highest BCUT2D eigenvalue weighted by Gasteiger charge is 2.16. The lowest BCUT2D eigenvalue weighted by Crippen LogP contribution is -2.20. The van der Waals surface area contributed by atoms with Crippen LogP contribution in [0, 0.1) is 0 Å². The molecule has 0 spiro atoms. The normalized spacial score (nSPS) is 11.1. The molecule has 2 aromatic heterocycles. The number of imidazole rings is 1. The van der Waals surface area contributed by atoms with Gasteiger partial charge in [0.05, 0.1) is 12.9 Å². The van der Waals surface area contributed by atoms with E-state index in [0.717, 1.165) is 5.56 Å². The van der Waals surface area contributed by atoms with E-state index in [0.29, 0.717) is 40.9 Å². The molecular formula is C20H18ClN5O2. The first-order valence-corrected chi connectivity index (χ1v) is 9.19. The van der Waals surface area contributed by atoms with Crippen molar-refractivity contribution in [1.82, 2.24) is 19.1 Å². The van der Waals surface area contributed by atoms with Crippen LogP contribution < -0.4 is 10.9 Å². The van der Waals surface area contributed by atoms with E-state index in [4.69, 9.17) is 11.6 Å². The number of rotatable bonds is 5. The minimum absolute atomic E-state index is 0.161. The maximum Gasteiger partial charge on any atom is 0.300 e. The zero-order valence-corrected chi connectivity index (χ0v) is 15.9. The molecule has 28 heavy (non-hydrogen) atoms. The van der Waals surface area contributed by atoms with Crippen molar-refractivity contribution in [3.63, 3.8) is 0 Å². The molecular weight excluding hydrogens is 378 g/mol. The van der Waals surface area contributed by atoms with Gasteiger partial charge >= 0.3 is 5.56 Å². The molecule has 0 bridgehead atoms. The molecule has 4 aromatic rings. The lowest BCUT2D eigenvalue weighted by atomic mass is 10.2. The number of halogens is 1. The van der Waals surface area contributed by atoms with E-state index in [1.165, 1.54) is 0 Å². The number of aryl methyl sites for hydroxylation is 1. The van der Waals surface area contributed by atoms with Crippen LogP contribution in [0.4, 0.5) is 11.6 Å². The number of hydrogen-bond acceptors (Lipinski definition) is 5. The number of aromatic hydroxyl groups is 1. The minimum Gasteiger partial charge on any atom is -0.508 e. The average molecular weight is 396 g/mol. The van der Waals surface area contributed by atoms with Gasteiger partial charge in [-0.1, -0.05) is 23.7 Å². The van der Waals surface area contributed by atoms with Crippen LogP contribution in [0.2, 0.25) is 5.02 Å². The first kappa shape index (κ1) is 18.1. The number of aromatic nitrogens is 4. The van der Waals surface area contributed by atoms with Crippen LogP contribution in [0.1, 0.15) is 12.5 Å². The molecule has 4 rings (SSSR count). The molecule has 0 unspecified atom stereocenters. The number of hydrogen-bond donors (Lipinski definition) is 2. The molecule has 0 aliphatic rings. The summed E-state index contributed by atoms with van der Waals surface area (Å²) in [5, 5.41) is 13.3. The van der Waals surface area contributed by atoms with Crippen molar-refractivity contribution in [1.29, 1.82) is 0 Å². The quantitative estimate of drug-likeness (QED) is 0.502. The second-order valence-corrected chi connectivity index (χ2v) is 6.76. The molecule has 8 heteroatoms. The van der Waals surface area contributed by atoms with Gasteiger partial charge in [0.25, 0.3) is 0 Å². The van der Waals surface area contributed by atoms with E-state index < -0.39 is 0 Å². The predicted octanol–water partition coefficient (Wildman–Crippen LogP) is 3.76. The Hall–Kier alpha value is -3.32. The molecule has 0 saturated carbocycles. The summed E-state index contributed by atoms with van der Waals surface area (Å²) in [7, 11) is 0. The fraction of sp³-hybridized carbons (Fsp3) is 0.150. The van der Waals surface area contributed by atoms with Gasteiger partial charge in [-0.05, 0) is 48.9 Å². The highest BCUT2D eigenvalue weighted by molar-refractivity contribution is 6.30. The minimum atomic E-state index is -0.344. The van der Waals surface area contributed by atoms with Crippen molar-refractivity contribution >= 4 is 34.4 Å². The van der Waals surface area contributed by atoms with Gasteiger partial charge in [-0.2, -0.15) is 4.98 Å². The van der Waals surface area contributed by atoms with Crippen molar-refractivity contribution in [2.24, 2.45) is 0 Å². The van der Waals surface area contributed by atoms with Crippen LogP contribution in [0.15, 0.2) is 59.7 Å². The average Bonchev–Trinajstić information content (AvgIpc) is 3.13. The summed E-state index contributed by atoms with van der Waals surface area (Å²) in [5.41, 5.74) is 2.37. The summed E-state index contributed by atoms with van der Waals surface area (Å²) in [4.78, 5) is 21.4. The number of anilines is 2. The van der Waals surface area contributed by atoms with Gasteiger partial charge in [-0.15, -0.1) is 0 Å². The molecule has 0 aliphatic carbocycles. The Morgan fingerprint density at radius 3 is 2.50 bits per heavy atom. The maximum absolute atomic E-state index is 12.7. The zero-order chi connectivity index (χ0) is 19.7. The Morgan fingerprint density at radius 1 is 1.11 bits per heavy atom. The molecule has 0 atom stereocenters. The molecule has 0 radical (unpaired) electrons. The Morgan fingerprint density at radius 2 is 1.82 bits per heavy atom. The van der Waals surface area contributed by atoms with Crippen LogP contribution in [0.3, 0.4) is 0 Å². The number of fused-ring (bicyclic) bond motifs is 1. The van der Waals surface area contributed by atoms with E-state index in [1.807, 2.05) is 35.8 Å². The first-order chi connectivity index (χ1) is 13.5. The fourth-order valence-electron chi connectivity index (χ4n) is 3.03. The summed E-state index contributed by atoms with van der Waals surface area (Å²) < 4.78 is 3.65. The lowest BCUT2D eigenvalue weighted by Gasteiger charge is -2.15. The largest absolute Gasteiger partial charge is 0.508 e. The van der Waals surface area contributed by atoms with Gasteiger partial charge in [0.1, 0.15) is 5.75 Å². The van der Waals surface area contributed by atoms with Crippen LogP contribution in [-0.2, 0) is 13.1 Å². The maximum atomic E-state index is 12.7. The number of nitrogens with one attached hydrogen (secondary N) is 1. The van der Waals surface area contributed by atoms with Crippen molar-refractivity contribution in [2.75, 3.05) is 5.32 Å². The van der Waals surface area contributed by atoms with E-state index in [1.54, 1.807) is 35.2 Å². The second kappa shape index (κ2) is 7.36. The first-order valence-electron chi connectivity index (χ1n) is 8.81. The molecule has 0 fully saturated rings. The van der Waals surface area contributed by atoms with E-state index >= 15 is 0 Å². The Balaban J connectivity index is 1.85. The Kier molecular flexibility index (Phi) is 4.75. The topological polar surface area (TPSA) is 85.0 Å². The molecule has 0 saturated heterocycles. The van der Waals surface area contributed by atoms with E-state index in [9.17, 15) is 9.90 Å². The predicted molar refractivity (Wildman–Crippen MR) is 109 cm³/mol. The monoisotopic (exact) mass is 395 g/mol. The van der Waals surface area contributed by atoms with Gasteiger partial charge in [-0.3, -0.25) is 9.36 Å². The molecule has 7 nitrogen and oxygen atoms in total. The Labute approximate surface area is 165 Å². The molecule has 0 amide bonds. The number of benzene rings is 2. The number of phenols is 1. The smallest absolute Gasteiger partial charge is 0.300 e. The SMILES string of the molecule is CCn1cnc2c1c(=O)nc(Nc1ccc(O)cc1)n2Cc1ccc(Cl)cc1. The standard InChI is InChI=1S/C20H18ClN5O2/c1-2-25-12-22-18-17(25)19(28)24-20(23-15-7-9-16(27)10-8-15)26(18)11-13-3-5-14(21)6-4-13/h3-10,12,27H,2,11H2,1H3,(H,23,24,28). The fourth-order valence-corrected chi connectivity index (χ4v) is 3.15. The van der Waals surface area contributed by atoms with Crippen molar-refractivity contribution < 1.29 is 5.11 Å². The summed E-state index contributed by atoms with van der Waals surface area (Å²) in [6.07, 6.45) is 1.65. The molecule has 0 aliphatic heterocycles. The zero-order valence-electron chi connectivity index (χ0n) is 15.1. The van der Waals surface area contributed by atoms with E-state index in [-0.39, 0.29) is 11.3 Å². The van der Waals surface area contributed by atoms with Gasteiger partial charge in [0, 0.05) is 17.3 Å². The number of nitrogens with zero attached hydrogens (tertiary/aromatic N) is 4. The third kappa shape index (κ3) is 3.44. The van der Waals surface area contributed by atoms with Crippen molar-refractivity contribution in [3.05, 3.63) is 75.8 Å². The van der Waals surface area contributed by atoms with Crippen LogP contribution in [-0.4, -0.2) is 24.2 Å². The molecule has 2 N–H and O–H groups in total. The van der Waals surface area contributed by atoms with Gasteiger partial charge in [-0.25, -0.2) is 4.98 Å². The highest BCUT2D eigenvalue weighted by atomic mass is 35.5.